The third-order valence-corrected chi connectivity index (χ3v) is 4.76. The van der Waals surface area contributed by atoms with Crippen LogP contribution in [0, 0.1) is 0 Å². The second-order valence-electron chi connectivity index (χ2n) is 6.50. The fraction of sp³-hybridized carbons (Fsp3) is 0.550. The van der Waals surface area contributed by atoms with E-state index in [9.17, 15) is 4.79 Å². The smallest absolute Gasteiger partial charge is 0.249 e. The van der Waals surface area contributed by atoms with Crippen LogP contribution in [0.15, 0.2) is 43.0 Å². The van der Waals surface area contributed by atoms with Crippen molar-refractivity contribution < 1.29 is 9.53 Å². The molecule has 2 unspecified atom stereocenters. The van der Waals surface area contributed by atoms with Crippen LogP contribution in [-0.2, 0) is 9.53 Å². The Morgan fingerprint density at radius 3 is 2.62 bits per heavy atom. The summed E-state index contributed by atoms with van der Waals surface area (Å²) in [5.74, 6) is -0.00591. The summed E-state index contributed by atoms with van der Waals surface area (Å²) in [7, 11) is 0. The van der Waals surface area contributed by atoms with E-state index in [2.05, 4.69) is 54.1 Å². The van der Waals surface area contributed by atoms with Crippen molar-refractivity contribution in [1.29, 1.82) is 0 Å². The molecule has 1 aromatic rings. The fourth-order valence-corrected chi connectivity index (χ4v) is 3.10. The number of carbonyl (C=O) groups excluding carboxylic acids is 1. The van der Waals surface area contributed by atoms with Crippen LogP contribution >= 0.6 is 0 Å². The highest BCUT2D eigenvalue weighted by atomic mass is 16.5. The number of nitrogens with one attached hydrogen (secondary N) is 1. The van der Waals surface area contributed by atoms with Gasteiger partial charge in [0, 0.05) is 25.2 Å². The fourth-order valence-electron chi connectivity index (χ4n) is 3.10. The molecule has 2 atom stereocenters. The molecule has 1 fully saturated rings. The van der Waals surface area contributed by atoms with Gasteiger partial charge in [-0.25, -0.2) is 0 Å². The Labute approximate surface area is 145 Å². The molecule has 1 aliphatic rings. The van der Waals surface area contributed by atoms with Gasteiger partial charge in [-0.2, -0.15) is 0 Å². The first-order valence-corrected chi connectivity index (χ1v) is 8.93. The van der Waals surface area contributed by atoms with E-state index in [1.165, 1.54) is 5.56 Å². The third-order valence-electron chi connectivity index (χ3n) is 4.76. The SMILES string of the molecule is C=CCCOC(C)C(=O)NC1CCN(C(C)c2ccccc2)CC1. The topological polar surface area (TPSA) is 41.6 Å². The number of carbonyl (C=O) groups is 1. The van der Waals surface area contributed by atoms with E-state index in [0.717, 1.165) is 32.4 Å². The van der Waals surface area contributed by atoms with E-state index < -0.39 is 6.10 Å². The number of hydrogen-bond donors (Lipinski definition) is 1. The van der Waals surface area contributed by atoms with E-state index in [0.29, 0.717) is 12.6 Å². The molecule has 2 rings (SSSR count). The normalized spacial score (nSPS) is 18.8. The number of nitrogens with zero attached hydrogens (tertiary/aromatic N) is 1. The van der Waals surface area contributed by atoms with Crippen molar-refractivity contribution in [3.63, 3.8) is 0 Å². The summed E-state index contributed by atoms with van der Waals surface area (Å²) < 4.78 is 5.51. The standard InChI is InChI=1S/C20H30N2O2/c1-4-5-15-24-17(3)20(23)21-19-11-13-22(14-12-19)16(2)18-9-7-6-8-10-18/h4,6-10,16-17,19H,1,5,11-15H2,2-3H3,(H,21,23). The molecule has 0 spiro atoms. The number of ether oxygens (including phenoxy) is 1. The van der Waals surface area contributed by atoms with E-state index in [1.54, 1.807) is 6.08 Å². The zero-order chi connectivity index (χ0) is 17.4. The summed E-state index contributed by atoms with van der Waals surface area (Å²) in [5, 5.41) is 3.13. The Morgan fingerprint density at radius 2 is 2.00 bits per heavy atom. The molecular weight excluding hydrogens is 300 g/mol. The van der Waals surface area contributed by atoms with Gasteiger partial charge in [-0.1, -0.05) is 36.4 Å². The molecule has 24 heavy (non-hydrogen) atoms. The molecular formula is C20H30N2O2. The minimum absolute atomic E-state index is 0.00591. The molecule has 0 saturated carbocycles. The second kappa shape index (κ2) is 9.60. The highest BCUT2D eigenvalue weighted by Gasteiger charge is 2.25. The maximum Gasteiger partial charge on any atom is 0.249 e. The first kappa shape index (κ1) is 18.7. The van der Waals surface area contributed by atoms with Crippen LogP contribution in [0.25, 0.3) is 0 Å². The minimum Gasteiger partial charge on any atom is -0.368 e. The molecule has 1 aromatic carbocycles. The van der Waals surface area contributed by atoms with Gasteiger partial charge in [0.15, 0.2) is 0 Å². The lowest BCUT2D eigenvalue weighted by Crippen LogP contribution is -2.47. The van der Waals surface area contributed by atoms with Crippen molar-refractivity contribution in [2.24, 2.45) is 0 Å². The van der Waals surface area contributed by atoms with E-state index in [-0.39, 0.29) is 11.9 Å². The molecule has 1 amide bonds. The Morgan fingerprint density at radius 1 is 1.33 bits per heavy atom. The molecule has 0 radical (unpaired) electrons. The van der Waals surface area contributed by atoms with E-state index in [1.807, 2.05) is 6.92 Å². The second-order valence-corrected chi connectivity index (χ2v) is 6.50. The average Bonchev–Trinajstić information content (AvgIpc) is 2.62. The van der Waals surface area contributed by atoms with Crippen LogP contribution in [0.1, 0.15) is 44.7 Å². The molecule has 0 aromatic heterocycles. The van der Waals surface area contributed by atoms with Crippen LogP contribution in [0.4, 0.5) is 0 Å². The predicted molar refractivity (Wildman–Crippen MR) is 97.8 cm³/mol. The Bertz CT molecular complexity index is 510. The van der Waals surface area contributed by atoms with Crippen molar-refractivity contribution in [3.8, 4) is 0 Å². The number of benzene rings is 1. The summed E-state index contributed by atoms with van der Waals surface area (Å²) in [6, 6.07) is 11.3. The van der Waals surface area contributed by atoms with Crippen molar-refractivity contribution >= 4 is 5.91 Å². The van der Waals surface area contributed by atoms with Gasteiger partial charge in [0.1, 0.15) is 6.10 Å². The molecule has 1 heterocycles. The zero-order valence-electron chi connectivity index (χ0n) is 14.9. The first-order chi connectivity index (χ1) is 11.6. The van der Waals surface area contributed by atoms with Crippen molar-refractivity contribution in [3.05, 3.63) is 48.6 Å². The molecule has 4 heteroatoms. The summed E-state index contributed by atoms with van der Waals surface area (Å²) in [6.07, 6.45) is 4.15. The number of hydrogen-bond acceptors (Lipinski definition) is 3. The highest BCUT2D eigenvalue weighted by molar-refractivity contribution is 5.80. The van der Waals surface area contributed by atoms with Gasteiger partial charge in [-0.3, -0.25) is 9.69 Å². The number of amides is 1. The average molecular weight is 330 g/mol. The highest BCUT2D eigenvalue weighted by Crippen LogP contribution is 2.24. The van der Waals surface area contributed by atoms with Gasteiger partial charge in [-0.15, -0.1) is 6.58 Å². The van der Waals surface area contributed by atoms with Gasteiger partial charge < -0.3 is 10.1 Å². The largest absolute Gasteiger partial charge is 0.368 e. The maximum atomic E-state index is 12.2. The molecule has 1 aliphatic heterocycles. The van der Waals surface area contributed by atoms with E-state index in [4.69, 9.17) is 4.74 Å². The monoisotopic (exact) mass is 330 g/mol. The van der Waals surface area contributed by atoms with E-state index >= 15 is 0 Å². The van der Waals surface area contributed by atoms with Crippen LogP contribution in [0.3, 0.4) is 0 Å². The molecule has 1 N–H and O–H groups in total. The quantitative estimate of drug-likeness (QED) is 0.587. The summed E-state index contributed by atoms with van der Waals surface area (Å²) in [6.45, 7) is 10.3. The Hall–Kier alpha value is -1.65. The lowest BCUT2D eigenvalue weighted by molar-refractivity contribution is -0.132. The van der Waals surface area contributed by atoms with Crippen molar-refractivity contribution in [2.45, 2.75) is 51.3 Å². The lowest BCUT2D eigenvalue weighted by Gasteiger charge is -2.36. The van der Waals surface area contributed by atoms with Gasteiger partial charge >= 0.3 is 0 Å². The van der Waals surface area contributed by atoms with Crippen molar-refractivity contribution in [2.75, 3.05) is 19.7 Å². The van der Waals surface area contributed by atoms with Gasteiger partial charge in [0.25, 0.3) is 0 Å². The maximum absolute atomic E-state index is 12.2. The first-order valence-electron chi connectivity index (χ1n) is 8.93. The zero-order valence-corrected chi connectivity index (χ0v) is 14.9. The summed E-state index contributed by atoms with van der Waals surface area (Å²) >= 11 is 0. The van der Waals surface area contributed by atoms with Crippen LogP contribution in [-0.4, -0.2) is 42.6 Å². The lowest BCUT2D eigenvalue weighted by atomic mass is 10.00. The molecule has 4 nitrogen and oxygen atoms in total. The third kappa shape index (κ3) is 5.46. The summed E-state index contributed by atoms with van der Waals surface area (Å²) in [4.78, 5) is 14.7. The summed E-state index contributed by atoms with van der Waals surface area (Å²) in [5.41, 5.74) is 1.35. The number of rotatable bonds is 8. The molecule has 1 saturated heterocycles. The predicted octanol–water partition coefficient (Wildman–Crippen LogP) is 3.31. The minimum atomic E-state index is -0.397. The number of piperidine rings is 1. The van der Waals surface area contributed by atoms with Gasteiger partial charge in [0.2, 0.25) is 5.91 Å². The van der Waals surface area contributed by atoms with Gasteiger partial charge in [-0.05, 0) is 38.7 Å². The Balaban J connectivity index is 1.74. The number of likely N-dealkylation sites (tertiary alicyclic amines) is 1. The van der Waals surface area contributed by atoms with Crippen LogP contribution in [0.2, 0.25) is 0 Å². The van der Waals surface area contributed by atoms with Crippen LogP contribution < -0.4 is 5.32 Å². The Kier molecular flexibility index (Phi) is 7.47. The van der Waals surface area contributed by atoms with Gasteiger partial charge in [0.05, 0.1) is 6.61 Å². The molecule has 0 bridgehead atoms. The molecule has 132 valence electrons. The molecule has 0 aliphatic carbocycles. The van der Waals surface area contributed by atoms with Crippen LogP contribution in [0.5, 0.6) is 0 Å². The van der Waals surface area contributed by atoms with Crippen molar-refractivity contribution in [1.82, 2.24) is 10.2 Å².